The van der Waals surface area contributed by atoms with Crippen LogP contribution in [-0.2, 0) is 6.54 Å². The van der Waals surface area contributed by atoms with Gasteiger partial charge in [0.1, 0.15) is 0 Å². The van der Waals surface area contributed by atoms with E-state index in [0.717, 1.165) is 31.7 Å². The van der Waals surface area contributed by atoms with E-state index in [1.165, 1.54) is 5.56 Å². The molecule has 3 rings (SSSR count). The Labute approximate surface area is 144 Å². The molecule has 0 bridgehead atoms. The number of pyridine rings is 1. The van der Waals surface area contributed by atoms with E-state index in [4.69, 9.17) is 0 Å². The molecule has 24 heavy (non-hydrogen) atoms. The highest BCUT2D eigenvalue weighted by Gasteiger charge is 2.35. The zero-order valence-corrected chi connectivity index (χ0v) is 14.4. The summed E-state index contributed by atoms with van der Waals surface area (Å²) in [5, 5.41) is 0. The van der Waals surface area contributed by atoms with Gasteiger partial charge >= 0.3 is 0 Å². The minimum atomic E-state index is 0.139. The molecular weight excluding hydrogens is 298 g/mol. The first-order valence-electron chi connectivity index (χ1n) is 8.60. The number of likely N-dealkylation sites (tertiary alicyclic amines) is 1. The number of hydrogen-bond donors (Lipinski definition) is 0. The number of aromatic nitrogens is 1. The minimum absolute atomic E-state index is 0.139. The van der Waals surface area contributed by atoms with Gasteiger partial charge in [-0.2, -0.15) is 0 Å². The fourth-order valence-electron chi connectivity index (χ4n) is 3.15. The third-order valence-corrected chi connectivity index (χ3v) is 4.42. The molecule has 1 aliphatic heterocycles. The van der Waals surface area contributed by atoms with Crippen molar-refractivity contribution < 1.29 is 4.79 Å². The molecule has 126 valence electrons. The lowest BCUT2D eigenvalue weighted by atomic mass is 10.0. The second-order valence-corrected chi connectivity index (χ2v) is 6.91. The number of amides is 1. The number of carbonyl (C=O) groups is 1. The van der Waals surface area contributed by atoms with Crippen LogP contribution in [0.15, 0.2) is 54.9 Å². The summed E-state index contributed by atoms with van der Waals surface area (Å²) in [6, 6.07) is 14.1. The predicted octanol–water partition coefficient (Wildman–Crippen LogP) is 3.06. The van der Waals surface area contributed by atoms with Crippen molar-refractivity contribution in [2.45, 2.75) is 26.4 Å². The minimum Gasteiger partial charge on any atom is -0.335 e. The highest BCUT2D eigenvalue weighted by atomic mass is 16.2. The Hall–Kier alpha value is -2.20. The van der Waals surface area contributed by atoms with Crippen LogP contribution in [0.4, 0.5) is 0 Å². The van der Waals surface area contributed by atoms with Crippen molar-refractivity contribution in [1.82, 2.24) is 14.8 Å². The van der Waals surface area contributed by atoms with E-state index in [1.807, 2.05) is 47.6 Å². The molecule has 0 unspecified atom stereocenters. The van der Waals surface area contributed by atoms with E-state index in [-0.39, 0.29) is 5.91 Å². The number of carbonyl (C=O) groups excluding carboxylic acids is 1. The van der Waals surface area contributed by atoms with Gasteiger partial charge in [-0.15, -0.1) is 0 Å². The van der Waals surface area contributed by atoms with Crippen LogP contribution in [0.5, 0.6) is 0 Å². The van der Waals surface area contributed by atoms with Crippen LogP contribution >= 0.6 is 0 Å². The van der Waals surface area contributed by atoms with Crippen LogP contribution in [0.3, 0.4) is 0 Å². The molecule has 1 saturated heterocycles. The Morgan fingerprint density at radius 2 is 1.83 bits per heavy atom. The van der Waals surface area contributed by atoms with Gasteiger partial charge in [0.05, 0.1) is 0 Å². The zero-order valence-electron chi connectivity index (χ0n) is 14.4. The second kappa shape index (κ2) is 7.58. The van der Waals surface area contributed by atoms with Crippen molar-refractivity contribution in [3.8, 4) is 0 Å². The van der Waals surface area contributed by atoms with Gasteiger partial charge in [-0.05, 0) is 35.7 Å². The molecule has 1 aromatic heterocycles. The molecule has 0 saturated carbocycles. The summed E-state index contributed by atoms with van der Waals surface area (Å²) in [7, 11) is 0. The van der Waals surface area contributed by atoms with Crippen LogP contribution in [0.1, 0.15) is 29.8 Å². The fraction of sp³-hybridized carbons (Fsp3) is 0.400. The molecule has 1 aliphatic rings. The van der Waals surface area contributed by atoms with E-state index in [0.29, 0.717) is 12.0 Å². The van der Waals surface area contributed by atoms with Crippen molar-refractivity contribution >= 4 is 5.91 Å². The SMILES string of the molecule is CC(C)CN(Cc1ccncc1)C1CN(C(=O)c2ccccc2)C1. The molecule has 4 heteroatoms. The molecule has 0 N–H and O–H groups in total. The number of rotatable bonds is 6. The summed E-state index contributed by atoms with van der Waals surface area (Å²) in [5.41, 5.74) is 2.05. The highest BCUT2D eigenvalue weighted by Crippen LogP contribution is 2.21. The third kappa shape index (κ3) is 4.01. The Morgan fingerprint density at radius 1 is 1.17 bits per heavy atom. The van der Waals surface area contributed by atoms with Crippen LogP contribution in [0, 0.1) is 5.92 Å². The van der Waals surface area contributed by atoms with Gasteiger partial charge in [0.25, 0.3) is 5.91 Å². The fourth-order valence-corrected chi connectivity index (χ4v) is 3.15. The first kappa shape index (κ1) is 16.7. The van der Waals surface area contributed by atoms with Crippen molar-refractivity contribution in [2.75, 3.05) is 19.6 Å². The molecule has 2 aromatic rings. The van der Waals surface area contributed by atoms with Crippen LogP contribution in [0.2, 0.25) is 0 Å². The zero-order chi connectivity index (χ0) is 16.9. The summed E-state index contributed by atoms with van der Waals surface area (Å²) in [6.07, 6.45) is 3.68. The smallest absolute Gasteiger partial charge is 0.253 e. The van der Waals surface area contributed by atoms with Crippen molar-refractivity contribution in [3.05, 3.63) is 66.0 Å². The van der Waals surface area contributed by atoms with Crippen molar-refractivity contribution in [3.63, 3.8) is 0 Å². The van der Waals surface area contributed by atoms with E-state index < -0.39 is 0 Å². The summed E-state index contributed by atoms with van der Waals surface area (Å²) >= 11 is 0. The molecule has 0 aliphatic carbocycles. The quantitative estimate of drug-likeness (QED) is 0.820. The molecule has 1 amide bonds. The normalized spacial score (nSPS) is 14.9. The monoisotopic (exact) mass is 323 g/mol. The largest absolute Gasteiger partial charge is 0.335 e. The Balaban J connectivity index is 1.61. The average molecular weight is 323 g/mol. The van der Waals surface area contributed by atoms with Gasteiger partial charge in [-0.3, -0.25) is 14.7 Å². The average Bonchev–Trinajstić information content (AvgIpc) is 2.54. The van der Waals surface area contributed by atoms with Gasteiger partial charge in [0, 0.05) is 50.2 Å². The maximum atomic E-state index is 12.5. The molecule has 2 heterocycles. The van der Waals surface area contributed by atoms with Crippen molar-refractivity contribution in [1.29, 1.82) is 0 Å². The molecule has 0 spiro atoms. The topological polar surface area (TPSA) is 36.4 Å². The third-order valence-electron chi connectivity index (χ3n) is 4.42. The standard InChI is InChI=1S/C20H25N3O/c1-16(2)12-22(13-17-8-10-21-11-9-17)19-14-23(15-19)20(24)18-6-4-3-5-7-18/h3-11,16,19H,12-15H2,1-2H3. The second-order valence-electron chi connectivity index (χ2n) is 6.91. The molecule has 1 fully saturated rings. The molecule has 0 radical (unpaired) electrons. The lowest BCUT2D eigenvalue weighted by Gasteiger charge is -2.46. The molecular formula is C20H25N3O. The van der Waals surface area contributed by atoms with Gasteiger partial charge < -0.3 is 4.90 Å². The summed E-state index contributed by atoms with van der Waals surface area (Å²) < 4.78 is 0. The summed E-state index contributed by atoms with van der Waals surface area (Å²) in [6.45, 7) is 8.06. The summed E-state index contributed by atoms with van der Waals surface area (Å²) in [5.74, 6) is 0.742. The highest BCUT2D eigenvalue weighted by molar-refractivity contribution is 5.94. The van der Waals surface area contributed by atoms with Crippen LogP contribution in [-0.4, -0.2) is 46.4 Å². The Morgan fingerprint density at radius 3 is 2.46 bits per heavy atom. The van der Waals surface area contributed by atoms with Crippen LogP contribution < -0.4 is 0 Å². The van der Waals surface area contributed by atoms with Gasteiger partial charge in [-0.25, -0.2) is 0 Å². The first-order valence-corrected chi connectivity index (χ1v) is 8.60. The van der Waals surface area contributed by atoms with Gasteiger partial charge in [0.2, 0.25) is 0 Å². The van der Waals surface area contributed by atoms with Gasteiger partial charge in [0.15, 0.2) is 0 Å². The Bertz CT molecular complexity index is 651. The summed E-state index contributed by atoms with van der Waals surface area (Å²) in [4.78, 5) is 21.0. The molecule has 0 atom stereocenters. The predicted molar refractivity (Wildman–Crippen MR) is 95.6 cm³/mol. The van der Waals surface area contributed by atoms with E-state index in [2.05, 4.69) is 35.9 Å². The van der Waals surface area contributed by atoms with Crippen molar-refractivity contribution in [2.24, 2.45) is 5.92 Å². The molecule has 4 nitrogen and oxygen atoms in total. The van der Waals surface area contributed by atoms with Gasteiger partial charge in [-0.1, -0.05) is 32.0 Å². The maximum Gasteiger partial charge on any atom is 0.253 e. The molecule has 1 aromatic carbocycles. The van der Waals surface area contributed by atoms with E-state index >= 15 is 0 Å². The lowest BCUT2D eigenvalue weighted by Crippen LogP contribution is -2.61. The lowest BCUT2D eigenvalue weighted by molar-refractivity contribution is 0.0197. The number of nitrogens with zero attached hydrogens (tertiary/aromatic N) is 3. The van der Waals surface area contributed by atoms with E-state index in [1.54, 1.807) is 0 Å². The first-order chi connectivity index (χ1) is 11.6. The van der Waals surface area contributed by atoms with E-state index in [9.17, 15) is 4.79 Å². The van der Waals surface area contributed by atoms with Crippen LogP contribution in [0.25, 0.3) is 0 Å². The number of benzene rings is 1. The number of hydrogen-bond acceptors (Lipinski definition) is 3. The maximum absolute atomic E-state index is 12.5. The Kier molecular flexibility index (Phi) is 5.26.